The standard InChI is InChI=1S/C24H32N4O2/c1-24(2,3)19-8-6-18(7-9-19)22(29)27-14-10-17(11-15-27)20-16-21-23(30)26(4)12-5-13-28(21)25-20/h6-9,16-17H,5,10-15H2,1-4H3. The number of benzene rings is 1. The summed E-state index contributed by atoms with van der Waals surface area (Å²) < 4.78 is 1.87. The molecule has 0 saturated carbocycles. The van der Waals surface area contributed by atoms with Crippen molar-refractivity contribution in [2.45, 2.75) is 57.9 Å². The van der Waals surface area contributed by atoms with E-state index in [2.05, 4.69) is 32.9 Å². The first-order valence-electron chi connectivity index (χ1n) is 11.0. The molecule has 1 aromatic heterocycles. The maximum Gasteiger partial charge on any atom is 0.271 e. The Hall–Kier alpha value is -2.63. The van der Waals surface area contributed by atoms with Crippen LogP contribution in [0.4, 0.5) is 0 Å². The molecule has 0 bridgehead atoms. The number of aryl methyl sites for hydroxylation is 1. The molecule has 0 unspecified atom stereocenters. The number of hydrogen-bond donors (Lipinski definition) is 0. The van der Waals surface area contributed by atoms with E-state index in [0.29, 0.717) is 11.6 Å². The number of likely N-dealkylation sites (tertiary alicyclic amines) is 1. The van der Waals surface area contributed by atoms with Crippen molar-refractivity contribution in [2.24, 2.45) is 0 Å². The lowest BCUT2D eigenvalue weighted by molar-refractivity contribution is 0.0711. The third kappa shape index (κ3) is 4.00. The van der Waals surface area contributed by atoms with Gasteiger partial charge in [-0.05, 0) is 48.4 Å². The maximum absolute atomic E-state index is 12.9. The number of nitrogens with zero attached hydrogens (tertiary/aromatic N) is 4. The molecule has 1 fully saturated rings. The quantitative estimate of drug-likeness (QED) is 0.762. The summed E-state index contributed by atoms with van der Waals surface area (Å²) in [4.78, 5) is 29.2. The number of carbonyl (C=O) groups is 2. The van der Waals surface area contributed by atoms with Crippen molar-refractivity contribution in [3.05, 3.63) is 52.8 Å². The summed E-state index contributed by atoms with van der Waals surface area (Å²) in [6, 6.07) is 9.99. The normalized spacial score (nSPS) is 18.3. The second-order valence-electron chi connectivity index (χ2n) is 9.65. The monoisotopic (exact) mass is 408 g/mol. The Labute approximate surface area is 178 Å². The van der Waals surface area contributed by atoms with E-state index in [1.165, 1.54) is 5.56 Å². The highest BCUT2D eigenvalue weighted by Gasteiger charge is 2.29. The van der Waals surface area contributed by atoms with Crippen LogP contribution in [0.3, 0.4) is 0 Å². The number of aromatic nitrogens is 2. The van der Waals surface area contributed by atoms with Crippen LogP contribution in [-0.4, -0.2) is 58.1 Å². The van der Waals surface area contributed by atoms with Gasteiger partial charge in [0.05, 0.1) is 5.69 Å². The Kier molecular flexibility index (Phi) is 5.43. The maximum atomic E-state index is 12.9. The molecule has 2 aliphatic heterocycles. The molecule has 0 aliphatic carbocycles. The second kappa shape index (κ2) is 7.89. The van der Waals surface area contributed by atoms with Crippen LogP contribution in [0, 0.1) is 0 Å². The topological polar surface area (TPSA) is 58.4 Å². The van der Waals surface area contributed by atoms with Crippen LogP contribution in [0.2, 0.25) is 0 Å². The molecule has 1 aromatic carbocycles. The Balaban J connectivity index is 1.41. The van der Waals surface area contributed by atoms with Crippen LogP contribution < -0.4 is 0 Å². The number of amides is 2. The molecule has 4 rings (SSSR count). The molecule has 0 spiro atoms. The molecule has 2 aliphatic rings. The Morgan fingerprint density at radius 2 is 1.70 bits per heavy atom. The first-order chi connectivity index (χ1) is 14.2. The SMILES string of the molecule is CN1CCCn2nc(C3CCN(C(=O)c4ccc(C(C)(C)C)cc4)CC3)cc2C1=O. The molecule has 2 aromatic rings. The number of carbonyl (C=O) groups excluding carboxylic acids is 2. The van der Waals surface area contributed by atoms with Crippen LogP contribution in [0.15, 0.2) is 30.3 Å². The zero-order chi connectivity index (χ0) is 21.5. The van der Waals surface area contributed by atoms with Gasteiger partial charge in [0.25, 0.3) is 11.8 Å². The molecule has 6 nitrogen and oxygen atoms in total. The van der Waals surface area contributed by atoms with Crippen molar-refractivity contribution in [2.75, 3.05) is 26.7 Å². The average molecular weight is 409 g/mol. The molecule has 6 heteroatoms. The van der Waals surface area contributed by atoms with E-state index >= 15 is 0 Å². The van der Waals surface area contributed by atoms with Crippen molar-refractivity contribution in [1.82, 2.24) is 19.6 Å². The number of piperidine rings is 1. The van der Waals surface area contributed by atoms with Gasteiger partial charge >= 0.3 is 0 Å². The van der Waals surface area contributed by atoms with Gasteiger partial charge in [-0.1, -0.05) is 32.9 Å². The fourth-order valence-electron chi connectivity index (χ4n) is 4.41. The molecule has 0 atom stereocenters. The smallest absolute Gasteiger partial charge is 0.271 e. The predicted molar refractivity (Wildman–Crippen MR) is 117 cm³/mol. The molecule has 3 heterocycles. The lowest BCUT2D eigenvalue weighted by Crippen LogP contribution is -2.38. The lowest BCUT2D eigenvalue weighted by atomic mass is 9.86. The largest absolute Gasteiger partial charge is 0.340 e. The van der Waals surface area contributed by atoms with Gasteiger partial charge in [0, 0.05) is 44.7 Å². The van der Waals surface area contributed by atoms with Gasteiger partial charge in [-0.25, -0.2) is 0 Å². The molecule has 0 radical (unpaired) electrons. The Morgan fingerprint density at radius 3 is 2.33 bits per heavy atom. The summed E-state index contributed by atoms with van der Waals surface area (Å²) in [5.74, 6) is 0.457. The molecular weight excluding hydrogens is 376 g/mol. The number of fused-ring (bicyclic) bond motifs is 1. The average Bonchev–Trinajstić information content (AvgIpc) is 3.11. The first-order valence-corrected chi connectivity index (χ1v) is 11.0. The van der Waals surface area contributed by atoms with Crippen molar-refractivity contribution < 1.29 is 9.59 Å². The summed E-state index contributed by atoms with van der Waals surface area (Å²) in [5, 5.41) is 4.75. The van der Waals surface area contributed by atoms with E-state index in [9.17, 15) is 9.59 Å². The van der Waals surface area contributed by atoms with E-state index in [1.54, 1.807) is 4.90 Å². The van der Waals surface area contributed by atoms with E-state index in [1.807, 2.05) is 34.8 Å². The third-order valence-electron chi connectivity index (χ3n) is 6.43. The zero-order valence-electron chi connectivity index (χ0n) is 18.5. The molecule has 2 amide bonds. The number of rotatable bonds is 2. The highest BCUT2D eigenvalue weighted by Crippen LogP contribution is 2.30. The van der Waals surface area contributed by atoms with Gasteiger partial charge in [-0.2, -0.15) is 5.10 Å². The molecular formula is C24H32N4O2. The van der Waals surface area contributed by atoms with Crippen molar-refractivity contribution in [1.29, 1.82) is 0 Å². The minimum atomic E-state index is 0.0533. The molecule has 160 valence electrons. The van der Waals surface area contributed by atoms with Crippen LogP contribution in [0.1, 0.15) is 78.1 Å². The molecule has 0 N–H and O–H groups in total. The van der Waals surface area contributed by atoms with Crippen molar-refractivity contribution in [3.8, 4) is 0 Å². The van der Waals surface area contributed by atoms with Gasteiger partial charge in [0.1, 0.15) is 5.69 Å². The van der Waals surface area contributed by atoms with Gasteiger partial charge in [0.15, 0.2) is 0 Å². The third-order valence-corrected chi connectivity index (χ3v) is 6.43. The van der Waals surface area contributed by atoms with E-state index in [4.69, 9.17) is 5.10 Å². The minimum absolute atomic E-state index is 0.0533. The summed E-state index contributed by atoms with van der Waals surface area (Å²) in [6.07, 6.45) is 2.69. The predicted octanol–water partition coefficient (Wildman–Crippen LogP) is 3.68. The minimum Gasteiger partial charge on any atom is -0.340 e. The van der Waals surface area contributed by atoms with E-state index in [-0.39, 0.29) is 17.2 Å². The fourth-order valence-corrected chi connectivity index (χ4v) is 4.41. The van der Waals surface area contributed by atoms with Gasteiger partial charge in [0.2, 0.25) is 0 Å². The summed E-state index contributed by atoms with van der Waals surface area (Å²) in [7, 11) is 1.85. The zero-order valence-corrected chi connectivity index (χ0v) is 18.5. The van der Waals surface area contributed by atoms with Crippen LogP contribution in [-0.2, 0) is 12.0 Å². The van der Waals surface area contributed by atoms with Crippen LogP contribution in [0.25, 0.3) is 0 Å². The molecule has 30 heavy (non-hydrogen) atoms. The highest BCUT2D eigenvalue weighted by molar-refractivity contribution is 5.94. The lowest BCUT2D eigenvalue weighted by Gasteiger charge is -2.31. The summed E-state index contributed by atoms with van der Waals surface area (Å²) in [5.41, 5.74) is 3.76. The van der Waals surface area contributed by atoms with Crippen molar-refractivity contribution >= 4 is 11.8 Å². The van der Waals surface area contributed by atoms with Gasteiger partial charge in [-0.15, -0.1) is 0 Å². The summed E-state index contributed by atoms with van der Waals surface area (Å²) >= 11 is 0. The first kappa shape index (κ1) is 20.6. The molecule has 1 saturated heterocycles. The second-order valence-corrected chi connectivity index (χ2v) is 9.65. The Morgan fingerprint density at radius 1 is 1.03 bits per heavy atom. The van der Waals surface area contributed by atoms with Crippen LogP contribution >= 0.6 is 0 Å². The van der Waals surface area contributed by atoms with E-state index < -0.39 is 0 Å². The number of hydrogen-bond acceptors (Lipinski definition) is 3. The Bertz CT molecular complexity index is 931. The van der Waals surface area contributed by atoms with Crippen LogP contribution in [0.5, 0.6) is 0 Å². The fraction of sp³-hybridized carbons (Fsp3) is 0.542. The van der Waals surface area contributed by atoms with Gasteiger partial charge in [-0.3, -0.25) is 14.3 Å². The van der Waals surface area contributed by atoms with Gasteiger partial charge < -0.3 is 9.80 Å². The van der Waals surface area contributed by atoms with E-state index in [0.717, 1.165) is 56.7 Å². The highest BCUT2D eigenvalue weighted by atomic mass is 16.2. The van der Waals surface area contributed by atoms with Crippen molar-refractivity contribution in [3.63, 3.8) is 0 Å². The summed E-state index contributed by atoms with van der Waals surface area (Å²) in [6.45, 7) is 9.53.